The number of nitrogens with zero attached hydrogens (tertiary/aromatic N) is 3. The van der Waals surface area contributed by atoms with Crippen molar-refractivity contribution in [1.82, 2.24) is 19.8 Å². The van der Waals surface area contributed by atoms with E-state index in [1.54, 1.807) is 12.5 Å². The molecule has 3 aliphatic rings. The van der Waals surface area contributed by atoms with Gasteiger partial charge in [0.05, 0.1) is 31.1 Å². The van der Waals surface area contributed by atoms with Crippen molar-refractivity contribution in [2.75, 3.05) is 32.9 Å². The van der Waals surface area contributed by atoms with Crippen molar-refractivity contribution in [2.24, 2.45) is 24.8 Å². The number of ether oxygens (including phenoxy) is 2. The fraction of sp³-hybridized carbons (Fsp3) is 0.565. The van der Waals surface area contributed by atoms with Crippen LogP contribution in [0.3, 0.4) is 0 Å². The van der Waals surface area contributed by atoms with E-state index >= 15 is 0 Å². The van der Waals surface area contributed by atoms with Crippen LogP contribution in [-0.2, 0) is 23.1 Å². The van der Waals surface area contributed by atoms with Gasteiger partial charge in [-0.2, -0.15) is 0 Å². The molecular formula is C23H30N4O3. The number of benzene rings is 1. The van der Waals surface area contributed by atoms with Crippen LogP contribution in [0, 0.1) is 17.8 Å². The third kappa shape index (κ3) is 3.72. The zero-order valence-electron chi connectivity index (χ0n) is 17.5. The van der Waals surface area contributed by atoms with E-state index in [1.807, 2.05) is 23.7 Å². The van der Waals surface area contributed by atoms with Gasteiger partial charge >= 0.3 is 0 Å². The Labute approximate surface area is 177 Å². The summed E-state index contributed by atoms with van der Waals surface area (Å²) < 4.78 is 13.6. The maximum Gasteiger partial charge on any atom is 0.225 e. The second kappa shape index (κ2) is 8.40. The summed E-state index contributed by atoms with van der Waals surface area (Å²) in [6.07, 6.45) is 5.76. The molecule has 1 aromatic carbocycles. The highest BCUT2D eigenvalue weighted by atomic mass is 16.5. The second-order valence-electron chi connectivity index (χ2n) is 8.79. The maximum atomic E-state index is 13.2. The average Bonchev–Trinajstić information content (AvgIpc) is 3.36. The van der Waals surface area contributed by atoms with E-state index < -0.39 is 0 Å². The Morgan fingerprint density at radius 3 is 2.90 bits per heavy atom. The Bertz CT molecular complexity index is 892. The number of aryl methyl sites for hydroxylation is 1. The first-order chi connectivity index (χ1) is 14.7. The second-order valence-corrected chi connectivity index (χ2v) is 8.79. The molecule has 2 fully saturated rings. The lowest BCUT2D eigenvalue weighted by atomic mass is 9.84. The smallest absolute Gasteiger partial charge is 0.225 e. The van der Waals surface area contributed by atoms with Gasteiger partial charge in [-0.15, -0.1) is 0 Å². The van der Waals surface area contributed by atoms with E-state index in [2.05, 4.69) is 27.3 Å². The number of hydrogen-bond acceptors (Lipinski definition) is 5. The van der Waals surface area contributed by atoms with E-state index in [4.69, 9.17) is 9.47 Å². The first-order valence-corrected chi connectivity index (χ1v) is 11.0. The van der Waals surface area contributed by atoms with Crippen molar-refractivity contribution < 1.29 is 14.3 Å². The Balaban J connectivity index is 1.35. The lowest BCUT2D eigenvalue weighted by molar-refractivity contribution is -0.126. The van der Waals surface area contributed by atoms with Gasteiger partial charge in [-0.25, -0.2) is 4.98 Å². The number of nitrogens with one attached hydrogen (secondary N) is 1. The van der Waals surface area contributed by atoms with Crippen molar-refractivity contribution in [2.45, 2.75) is 25.4 Å². The predicted octanol–water partition coefficient (Wildman–Crippen LogP) is 2.14. The predicted molar refractivity (Wildman–Crippen MR) is 112 cm³/mol. The molecular weight excluding hydrogens is 380 g/mol. The number of para-hydroxylation sites is 1. The Morgan fingerprint density at radius 1 is 1.27 bits per heavy atom. The van der Waals surface area contributed by atoms with E-state index in [-0.39, 0.29) is 23.8 Å². The summed E-state index contributed by atoms with van der Waals surface area (Å²) in [6.45, 7) is 4.59. The summed E-state index contributed by atoms with van der Waals surface area (Å²) in [7, 11) is 1.95. The molecule has 0 bridgehead atoms. The van der Waals surface area contributed by atoms with E-state index in [0.717, 1.165) is 50.6 Å². The Kier molecular flexibility index (Phi) is 5.48. The molecule has 2 aromatic rings. The first-order valence-electron chi connectivity index (χ1n) is 11.0. The number of carbonyl (C=O) groups is 1. The van der Waals surface area contributed by atoms with Gasteiger partial charge in [-0.05, 0) is 24.8 Å². The van der Waals surface area contributed by atoms with Gasteiger partial charge in [0.1, 0.15) is 5.75 Å². The molecule has 160 valence electrons. The number of hydrogen-bond donors (Lipinski definition) is 1. The quantitative estimate of drug-likeness (QED) is 0.818. The van der Waals surface area contributed by atoms with Gasteiger partial charge in [0.2, 0.25) is 5.91 Å². The van der Waals surface area contributed by atoms with Crippen molar-refractivity contribution in [3.8, 4) is 5.75 Å². The Hall–Kier alpha value is -2.38. The molecule has 0 spiro atoms. The number of aromatic nitrogens is 2. The standard InChI is InChI=1S/C23H30N4O3/c1-26-15-24-10-17(26)11-25-23(28)19-13-27(12-16-6-8-29-9-7-16)22-18-4-2-3-5-21(18)30-14-20(19)22/h2-5,10,15-16,19-20,22H,6-9,11-14H2,1H3,(H,25,28)/t19-,20+,22+/m1/s1. The summed E-state index contributed by atoms with van der Waals surface area (Å²) in [4.78, 5) is 19.9. The minimum atomic E-state index is -0.0728. The fourth-order valence-corrected chi connectivity index (χ4v) is 5.26. The molecule has 2 saturated heterocycles. The van der Waals surface area contributed by atoms with Crippen LogP contribution in [-0.4, -0.2) is 53.3 Å². The number of likely N-dealkylation sites (tertiary alicyclic amines) is 1. The van der Waals surface area contributed by atoms with Gasteiger partial charge in [0.25, 0.3) is 0 Å². The van der Waals surface area contributed by atoms with Crippen LogP contribution >= 0.6 is 0 Å². The van der Waals surface area contributed by atoms with Crippen molar-refractivity contribution in [3.05, 3.63) is 48.0 Å². The molecule has 0 saturated carbocycles. The highest BCUT2D eigenvalue weighted by molar-refractivity contribution is 5.80. The monoisotopic (exact) mass is 410 g/mol. The van der Waals surface area contributed by atoms with E-state index in [9.17, 15) is 4.79 Å². The highest BCUT2D eigenvalue weighted by Crippen LogP contribution is 2.47. The summed E-state index contributed by atoms with van der Waals surface area (Å²) >= 11 is 0. The Morgan fingerprint density at radius 2 is 2.10 bits per heavy atom. The molecule has 5 rings (SSSR count). The van der Waals surface area contributed by atoms with Crippen molar-refractivity contribution >= 4 is 5.91 Å². The molecule has 4 heterocycles. The third-order valence-corrected chi connectivity index (χ3v) is 6.95. The highest BCUT2D eigenvalue weighted by Gasteiger charge is 2.49. The number of fused-ring (bicyclic) bond motifs is 3. The zero-order valence-corrected chi connectivity index (χ0v) is 17.5. The molecule has 1 amide bonds. The summed E-state index contributed by atoms with van der Waals surface area (Å²) in [5.74, 6) is 1.81. The molecule has 3 aliphatic heterocycles. The topological polar surface area (TPSA) is 68.6 Å². The van der Waals surface area contributed by atoms with Gasteiger partial charge in [0, 0.05) is 57.1 Å². The summed E-state index contributed by atoms with van der Waals surface area (Å²) in [5.41, 5.74) is 2.23. The maximum absolute atomic E-state index is 13.2. The minimum absolute atomic E-state index is 0.0728. The number of imidazole rings is 1. The van der Waals surface area contributed by atoms with Crippen LogP contribution in [0.2, 0.25) is 0 Å². The van der Waals surface area contributed by atoms with Gasteiger partial charge in [0.15, 0.2) is 0 Å². The average molecular weight is 411 g/mol. The molecule has 0 aliphatic carbocycles. The van der Waals surface area contributed by atoms with E-state index in [0.29, 0.717) is 19.1 Å². The molecule has 0 radical (unpaired) electrons. The summed E-state index contributed by atoms with van der Waals surface area (Å²) in [5, 5.41) is 3.15. The molecule has 7 heteroatoms. The molecule has 1 N–H and O–H groups in total. The molecule has 1 aromatic heterocycles. The van der Waals surface area contributed by atoms with Crippen LogP contribution < -0.4 is 10.1 Å². The number of carbonyl (C=O) groups excluding carboxylic acids is 1. The minimum Gasteiger partial charge on any atom is -0.493 e. The van der Waals surface area contributed by atoms with Crippen LogP contribution in [0.5, 0.6) is 5.75 Å². The van der Waals surface area contributed by atoms with Gasteiger partial charge < -0.3 is 19.4 Å². The van der Waals surface area contributed by atoms with Crippen LogP contribution in [0.25, 0.3) is 0 Å². The van der Waals surface area contributed by atoms with Crippen LogP contribution in [0.1, 0.15) is 30.1 Å². The third-order valence-electron chi connectivity index (χ3n) is 6.95. The van der Waals surface area contributed by atoms with Crippen LogP contribution in [0.4, 0.5) is 0 Å². The summed E-state index contributed by atoms with van der Waals surface area (Å²) in [6, 6.07) is 8.56. The molecule has 3 atom stereocenters. The molecule has 7 nitrogen and oxygen atoms in total. The van der Waals surface area contributed by atoms with Gasteiger partial charge in [-0.1, -0.05) is 18.2 Å². The largest absolute Gasteiger partial charge is 0.493 e. The fourth-order valence-electron chi connectivity index (χ4n) is 5.26. The SMILES string of the molecule is Cn1cncc1CNC(=O)[C@@H]1CN(CC2CCOCC2)[C@H]2c3ccccc3OC[C@@H]12. The lowest BCUT2D eigenvalue weighted by Crippen LogP contribution is -2.38. The first kappa shape index (κ1) is 19.6. The number of amides is 1. The van der Waals surface area contributed by atoms with Crippen LogP contribution in [0.15, 0.2) is 36.8 Å². The molecule has 30 heavy (non-hydrogen) atoms. The van der Waals surface area contributed by atoms with E-state index in [1.165, 1.54) is 5.56 Å². The normalized spacial score (nSPS) is 26.6. The lowest BCUT2D eigenvalue weighted by Gasteiger charge is -2.36. The number of rotatable bonds is 5. The molecule has 0 unspecified atom stereocenters. The van der Waals surface area contributed by atoms with Gasteiger partial charge in [-0.3, -0.25) is 9.69 Å². The van der Waals surface area contributed by atoms with Crippen molar-refractivity contribution in [1.29, 1.82) is 0 Å². The van der Waals surface area contributed by atoms with Crippen molar-refractivity contribution in [3.63, 3.8) is 0 Å². The zero-order chi connectivity index (χ0) is 20.5.